The van der Waals surface area contributed by atoms with E-state index in [0.29, 0.717) is 11.7 Å². The van der Waals surface area contributed by atoms with Crippen LogP contribution in [0.4, 0.5) is 5.82 Å². The molecule has 4 rings (SSSR count). The van der Waals surface area contributed by atoms with Gasteiger partial charge in [-0.15, -0.1) is 0 Å². The number of pyridine rings is 1. The maximum atomic E-state index is 10.2. The molecule has 1 saturated heterocycles. The van der Waals surface area contributed by atoms with E-state index in [1.165, 1.54) is 6.42 Å². The molecule has 3 aromatic rings. The minimum absolute atomic E-state index is 0.402. The summed E-state index contributed by atoms with van der Waals surface area (Å²) < 4.78 is 1.93. The van der Waals surface area contributed by atoms with Gasteiger partial charge in [0.25, 0.3) is 0 Å². The van der Waals surface area contributed by atoms with Crippen LogP contribution in [0.5, 0.6) is 0 Å². The van der Waals surface area contributed by atoms with Gasteiger partial charge in [-0.2, -0.15) is 0 Å². The van der Waals surface area contributed by atoms with Gasteiger partial charge in [0.05, 0.1) is 29.5 Å². The summed E-state index contributed by atoms with van der Waals surface area (Å²) >= 11 is 0. The molecule has 0 spiro atoms. The Labute approximate surface area is 152 Å². The van der Waals surface area contributed by atoms with Crippen LogP contribution in [0, 0.1) is 0 Å². The van der Waals surface area contributed by atoms with Crippen molar-refractivity contribution in [1.29, 1.82) is 0 Å². The Hall–Kier alpha value is -2.51. The number of anilines is 1. The molecule has 3 N–H and O–H groups in total. The summed E-state index contributed by atoms with van der Waals surface area (Å²) in [4.78, 5) is 13.5. The number of piperidine rings is 1. The molecule has 3 aromatic heterocycles. The molecule has 136 valence electrons. The highest BCUT2D eigenvalue weighted by Crippen LogP contribution is 2.23. The Morgan fingerprint density at radius 3 is 2.92 bits per heavy atom. The standard InChI is InChI=1S/C19H24N6O/c1-19(2,26)16-12-25-15(10-22-18(25)11-21-16)14-6-3-7-17(24-14)23-13-5-4-8-20-9-13/h3,6-7,10-13,20,26H,4-5,8-9H2,1-2H3,(H,23,24). The maximum absolute atomic E-state index is 10.2. The molecule has 26 heavy (non-hydrogen) atoms. The third-order valence-electron chi connectivity index (χ3n) is 4.68. The zero-order valence-electron chi connectivity index (χ0n) is 15.1. The molecule has 1 aliphatic heterocycles. The Bertz CT molecular complexity index is 908. The number of imidazole rings is 1. The molecular formula is C19H24N6O. The summed E-state index contributed by atoms with van der Waals surface area (Å²) in [7, 11) is 0. The van der Waals surface area contributed by atoms with Crippen LogP contribution in [0.1, 0.15) is 32.4 Å². The fourth-order valence-corrected chi connectivity index (χ4v) is 3.24. The Morgan fingerprint density at radius 1 is 1.27 bits per heavy atom. The third-order valence-corrected chi connectivity index (χ3v) is 4.68. The van der Waals surface area contributed by atoms with Gasteiger partial charge in [0.2, 0.25) is 0 Å². The monoisotopic (exact) mass is 352 g/mol. The van der Waals surface area contributed by atoms with Crippen molar-refractivity contribution in [3.63, 3.8) is 0 Å². The molecule has 0 aromatic carbocycles. The van der Waals surface area contributed by atoms with Gasteiger partial charge >= 0.3 is 0 Å². The summed E-state index contributed by atoms with van der Waals surface area (Å²) in [6.45, 7) is 5.49. The second-order valence-corrected chi connectivity index (χ2v) is 7.30. The number of nitrogens with one attached hydrogen (secondary N) is 2. The first kappa shape index (κ1) is 16.9. The SMILES string of the molecule is CC(C)(O)c1cn2c(-c3cccc(NC4CCCNC4)n3)cnc2cn1. The largest absolute Gasteiger partial charge is 0.384 e. The van der Waals surface area contributed by atoms with Crippen molar-refractivity contribution in [2.45, 2.75) is 38.3 Å². The number of aliphatic hydroxyl groups is 1. The number of hydrogen-bond acceptors (Lipinski definition) is 6. The molecule has 0 bridgehead atoms. The zero-order chi connectivity index (χ0) is 18.1. The first-order valence-corrected chi connectivity index (χ1v) is 9.01. The van der Waals surface area contributed by atoms with Crippen molar-refractivity contribution in [3.05, 3.63) is 42.5 Å². The maximum Gasteiger partial charge on any atom is 0.155 e. The van der Waals surface area contributed by atoms with Crippen LogP contribution in [0.2, 0.25) is 0 Å². The van der Waals surface area contributed by atoms with Crippen molar-refractivity contribution in [1.82, 2.24) is 24.7 Å². The van der Waals surface area contributed by atoms with Crippen molar-refractivity contribution >= 4 is 11.5 Å². The second kappa shape index (κ2) is 6.66. The lowest BCUT2D eigenvalue weighted by Gasteiger charge is -2.24. The van der Waals surface area contributed by atoms with E-state index in [1.54, 1.807) is 26.2 Å². The van der Waals surface area contributed by atoms with E-state index in [-0.39, 0.29) is 0 Å². The van der Waals surface area contributed by atoms with E-state index in [0.717, 1.165) is 42.4 Å². The van der Waals surface area contributed by atoms with Crippen LogP contribution < -0.4 is 10.6 Å². The van der Waals surface area contributed by atoms with E-state index >= 15 is 0 Å². The molecule has 7 heteroatoms. The molecule has 0 radical (unpaired) electrons. The van der Waals surface area contributed by atoms with E-state index in [9.17, 15) is 5.11 Å². The Morgan fingerprint density at radius 2 is 2.15 bits per heavy atom. The first-order chi connectivity index (χ1) is 12.5. The number of aromatic nitrogens is 4. The van der Waals surface area contributed by atoms with Gasteiger partial charge < -0.3 is 15.7 Å². The average Bonchev–Trinajstić information content (AvgIpc) is 3.05. The third kappa shape index (κ3) is 3.40. The van der Waals surface area contributed by atoms with Crippen molar-refractivity contribution in [3.8, 4) is 11.4 Å². The topological polar surface area (TPSA) is 87.4 Å². The minimum Gasteiger partial charge on any atom is -0.384 e. The smallest absolute Gasteiger partial charge is 0.155 e. The van der Waals surface area contributed by atoms with Crippen molar-refractivity contribution < 1.29 is 5.11 Å². The summed E-state index contributed by atoms with van der Waals surface area (Å²) in [5.41, 5.74) is 2.01. The average molecular weight is 352 g/mol. The van der Waals surface area contributed by atoms with Crippen LogP contribution in [0.25, 0.3) is 17.0 Å². The number of nitrogens with zero attached hydrogens (tertiary/aromatic N) is 4. The second-order valence-electron chi connectivity index (χ2n) is 7.30. The number of fused-ring (bicyclic) bond motifs is 1. The van der Waals surface area contributed by atoms with Gasteiger partial charge in [-0.3, -0.25) is 9.38 Å². The van der Waals surface area contributed by atoms with E-state index in [1.807, 2.05) is 28.8 Å². The van der Waals surface area contributed by atoms with Gasteiger partial charge in [-0.1, -0.05) is 6.07 Å². The van der Waals surface area contributed by atoms with E-state index in [4.69, 9.17) is 4.98 Å². The van der Waals surface area contributed by atoms with Gasteiger partial charge in [0, 0.05) is 18.8 Å². The van der Waals surface area contributed by atoms with E-state index in [2.05, 4.69) is 20.6 Å². The van der Waals surface area contributed by atoms with Crippen LogP contribution in [-0.2, 0) is 5.60 Å². The lowest BCUT2D eigenvalue weighted by Crippen LogP contribution is -2.38. The fraction of sp³-hybridized carbons (Fsp3) is 0.421. The summed E-state index contributed by atoms with van der Waals surface area (Å²) in [6, 6.07) is 6.36. The van der Waals surface area contributed by atoms with E-state index < -0.39 is 5.60 Å². The van der Waals surface area contributed by atoms with Crippen molar-refractivity contribution in [2.24, 2.45) is 0 Å². The predicted molar refractivity (Wildman–Crippen MR) is 101 cm³/mol. The summed E-state index contributed by atoms with van der Waals surface area (Å²) in [6.07, 6.45) is 7.61. The molecule has 1 aliphatic rings. The van der Waals surface area contributed by atoms with Gasteiger partial charge in [0.15, 0.2) is 5.65 Å². The predicted octanol–water partition coefficient (Wildman–Crippen LogP) is 2.18. The van der Waals surface area contributed by atoms with Crippen LogP contribution in [-0.4, -0.2) is 43.6 Å². The fourth-order valence-electron chi connectivity index (χ4n) is 3.24. The molecule has 1 atom stereocenters. The molecule has 0 amide bonds. The highest BCUT2D eigenvalue weighted by atomic mass is 16.3. The number of hydrogen-bond donors (Lipinski definition) is 3. The quantitative estimate of drug-likeness (QED) is 0.667. The normalized spacial score (nSPS) is 18.2. The van der Waals surface area contributed by atoms with Crippen LogP contribution >= 0.6 is 0 Å². The Kier molecular flexibility index (Phi) is 4.34. The molecular weight excluding hydrogens is 328 g/mol. The minimum atomic E-state index is -1.01. The Balaban J connectivity index is 1.67. The highest BCUT2D eigenvalue weighted by Gasteiger charge is 2.20. The molecule has 1 fully saturated rings. The highest BCUT2D eigenvalue weighted by molar-refractivity contribution is 5.61. The molecule has 0 saturated carbocycles. The van der Waals surface area contributed by atoms with Gasteiger partial charge in [-0.05, 0) is 45.4 Å². The zero-order valence-corrected chi connectivity index (χ0v) is 15.1. The lowest BCUT2D eigenvalue weighted by molar-refractivity contribution is 0.0734. The molecule has 1 unspecified atom stereocenters. The van der Waals surface area contributed by atoms with Gasteiger partial charge in [0.1, 0.15) is 11.4 Å². The lowest BCUT2D eigenvalue weighted by atomic mass is 10.1. The van der Waals surface area contributed by atoms with Crippen LogP contribution in [0.3, 0.4) is 0 Å². The van der Waals surface area contributed by atoms with Crippen molar-refractivity contribution in [2.75, 3.05) is 18.4 Å². The summed E-state index contributed by atoms with van der Waals surface area (Å²) in [5, 5.41) is 17.2. The first-order valence-electron chi connectivity index (χ1n) is 9.01. The molecule has 7 nitrogen and oxygen atoms in total. The number of rotatable bonds is 4. The molecule has 0 aliphatic carbocycles. The summed E-state index contributed by atoms with van der Waals surface area (Å²) in [5.74, 6) is 0.864. The van der Waals surface area contributed by atoms with Crippen LogP contribution in [0.15, 0.2) is 36.8 Å². The van der Waals surface area contributed by atoms with Gasteiger partial charge in [-0.25, -0.2) is 9.97 Å². The molecule has 4 heterocycles.